The minimum absolute atomic E-state index is 0.177. The van der Waals surface area contributed by atoms with Gasteiger partial charge < -0.3 is 20.1 Å². The number of rotatable bonds is 10. The Morgan fingerprint density at radius 1 is 1.47 bits per heavy atom. The second-order valence-electron chi connectivity index (χ2n) is 5.13. The van der Waals surface area contributed by atoms with Gasteiger partial charge in [0, 0.05) is 31.8 Å². The van der Waals surface area contributed by atoms with Crippen LogP contribution in [0.4, 0.5) is 0 Å². The molecule has 0 rings (SSSR count). The van der Waals surface area contributed by atoms with E-state index in [1.54, 1.807) is 7.11 Å². The summed E-state index contributed by atoms with van der Waals surface area (Å²) in [7, 11) is 3.86. The summed E-state index contributed by atoms with van der Waals surface area (Å²) in [4.78, 5) is 2.32. The summed E-state index contributed by atoms with van der Waals surface area (Å²) in [6, 6.07) is 0.447. The fourth-order valence-corrected chi connectivity index (χ4v) is 2.11. The minimum atomic E-state index is -0.177. The van der Waals surface area contributed by atoms with Crippen LogP contribution in [-0.2, 0) is 4.74 Å². The average Bonchev–Trinajstić information content (AvgIpc) is 2.29. The molecule has 0 bridgehead atoms. The second-order valence-corrected chi connectivity index (χ2v) is 5.13. The van der Waals surface area contributed by atoms with Crippen LogP contribution in [0.25, 0.3) is 0 Å². The lowest BCUT2D eigenvalue weighted by atomic mass is 9.94. The molecule has 17 heavy (non-hydrogen) atoms. The summed E-state index contributed by atoms with van der Waals surface area (Å²) in [5.74, 6) is 0. The van der Waals surface area contributed by atoms with Crippen LogP contribution in [0, 0.1) is 0 Å². The van der Waals surface area contributed by atoms with Crippen molar-refractivity contribution in [2.45, 2.75) is 45.2 Å². The third-order valence-electron chi connectivity index (χ3n) is 3.31. The maximum Gasteiger partial charge on any atom is 0.0611 e. The van der Waals surface area contributed by atoms with Gasteiger partial charge in [0.1, 0.15) is 0 Å². The topological polar surface area (TPSA) is 44.7 Å². The summed E-state index contributed by atoms with van der Waals surface area (Å²) in [5, 5.41) is 12.8. The molecule has 0 aliphatic heterocycles. The summed E-state index contributed by atoms with van der Waals surface area (Å²) in [5.41, 5.74) is -0.177. The largest absolute Gasteiger partial charge is 0.394 e. The Labute approximate surface area is 106 Å². The maximum atomic E-state index is 9.46. The molecule has 104 valence electrons. The van der Waals surface area contributed by atoms with E-state index in [9.17, 15) is 5.11 Å². The SMILES string of the molecule is CCNC(C)(CO)CC(C)N(C)CCCOC. The van der Waals surface area contributed by atoms with E-state index in [0.29, 0.717) is 6.04 Å². The fourth-order valence-electron chi connectivity index (χ4n) is 2.11. The van der Waals surface area contributed by atoms with Crippen LogP contribution in [0.3, 0.4) is 0 Å². The van der Waals surface area contributed by atoms with Crippen LogP contribution >= 0.6 is 0 Å². The molecule has 0 saturated heterocycles. The monoisotopic (exact) mass is 246 g/mol. The third-order valence-corrected chi connectivity index (χ3v) is 3.31. The summed E-state index contributed by atoms with van der Waals surface area (Å²) in [6.45, 7) is 9.26. The molecule has 0 fully saturated rings. The first kappa shape index (κ1) is 16.8. The van der Waals surface area contributed by atoms with Crippen LogP contribution in [-0.4, -0.2) is 62.0 Å². The first-order chi connectivity index (χ1) is 7.99. The first-order valence-corrected chi connectivity index (χ1v) is 6.54. The fraction of sp³-hybridized carbons (Fsp3) is 1.00. The maximum absolute atomic E-state index is 9.46. The van der Waals surface area contributed by atoms with Crippen LogP contribution < -0.4 is 5.32 Å². The Morgan fingerprint density at radius 2 is 2.12 bits per heavy atom. The van der Waals surface area contributed by atoms with Gasteiger partial charge in [-0.05, 0) is 40.3 Å². The molecule has 0 aromatic heterocycles. The molecular formula is C13H30N2O2. The van der Waals surface area contributed by atoms with Gasteiger partial charge in [0.15, 0.2) is 0 Å². The summed E-state index contributed by atoms with van der Waals surface area (Å²) in [6.07, 6.45) is 2.00. The Balaban J connectivity index is 4.07. The number of nitrogens with zero attached hydrogens (tertiary/aromatic N) is 1. The minimum Gasteiger partial charge on any atom is -0.394 e. The number of methoxy groups -OCH3 is 1. The van der Waals surface area contributed by atoms with Gasteiger partial charge in [-0.2, -0.15) is 0 Å². The molecule has 2 unspecified atom stereocenters. The van der Waals surface area contributed by atoms with E-state index in [2.05, 4.69) is 38.0 Å². The molecule has 4 nitrogen and oxygen atoms in total. The van der Waals surface area contributed by atoms with E-state index >= 15 is 0 Å². The Hall–Kier alpha value is -0.160. The number of hydrogen-bond acceptors (Lipinski definition) is 4. The van der Waals surface area contributed by atoms with Crippen LogP contribution in [0.15, 0.2) is 0 Å². The van der Waals surface area contributed by atoms with Crippen LogP contribution in [0.5, 0.6) is 0 Å². The molecule has 0 aliphatic carbocycles. The molecule has 0 spiro atoms. The molecule has 0 saturated carbocycles. The Morgan fingerprint density at radius 3 is 2.59 bits per heavy atom. The zero-order valence-corrected chi connectivity index (χ0v) is 12.1. The van der Waals surface area contributed by atoms with Gasteiger partial charge in [-0.25, -0.2) is 0 Å². The molecular weight excluding hydrogens is 216 g/mol. The molecule has 2 N–H and O–H groups in total. The van der Waals surface area contributed by atoms with E-state index < -0.39 is 0 Å². The molecule has 0 aromatic rings. The predicted octanol–water partition coefficient (Wildman–Crippen LogP) is 1.09. The summed E-state index contributed by atoms with van der Waals surface area (Å²) < 4.78 is 5.05. The molecule has 4 heteroatoms. The van der Waals surface area contributed by atoms with Crippen molar-refractivity contribution in [1.82, 2.24) is 10.2 Å². The highest BCUT2D eigenvalue weighted by Gasteiger charge is 2.26. The number of nitrogens with one attached hydrogen (secondary N) is 1. The van der Waals surface area contributed by atoms with Gasteiger partial charge in [-0.15, -0.1) is 0 Å². The predicted molar refractivity (Wildman–Crippen MR) is 72.4 cm³/mol. The van der Waals surface area contributed by atoms with E-state index in [1.807, 2.05) is 0 Å². The normalized spacial score (nSPS) is 17.1. The number of hydrogen-bond donors (Lipinski definition) is 2. The van der Waals surface area contributed by atoms with E-state index in [-0.39, 0.29) is 12.1 Å². The lowest BCUT2D eigenvalue weighted by Crippen LogP contribution is -2.50. The van der Waals surface area contributed by atoms with Gasteiger partial charge >= 0.3 is 0 Å². The molecule has 0 amide bonds. The van der Waals surface area contributed by atoms with Gasteiger partial charge in [-0.1, -0.05) is 6.92 Å². The van der Waals surface area contributed by atoms with Crippen molar-refractivity contribution in [3.8, 4) is 0 Å². The molecule has 0 radical (unpaired) electrons. The highest BCUT2D eigenvalue weighted by Crippen LogP contribution is 2.15. The van der Waals surface area contributed by atoms with Gasteiger partial charge in [-0.3, -0.25) is 0 Å². The molecule has 0 heterocycles. The number of aliphatic hydroxyl groups is 1. The first-order valence-electron chi connectivity index (χ1n) is 6.54. The van der Waals surface area contributed by atoms with Crippen molar-refractivity contribution < 1.29 is 9.84 Å². The van der Waals surface area contributed by atoms with Gasteiger partial charge in [0.05, 0.1) is 6.61 Å². The van der Waals surface area contributed by atoms with E-state index in [1.165, 1.54) is 0 Å². The van der Waals surface area contributed by atoms with Crippen molar-refractivity contribution in [2.24, 2.45) is 0 Å². The number of ether oxygens (including phenoxy) is 1. The van der Waals surface area contributed by atoms with Crippen molar-refractivity contribution >= 4 is 0 Å². The molecule has 0 aliphatic rings. The Bertz CT molecular complexity index is 190. The van der Waals surface area contributed by atoms with Gasteiger partial charge in [0.25, 0.3) is 0 Å². The standard InChI is InChI=1S/C13H30N2O2/c1-6-14-13(3,11-16)10-12(2)15(4)8-7-9-17-5/h12,14,16H,6-11H2,1-5H3. The van der Waals surface area contributed by atoms with E-state index in [0.717, 1.165) is 32.5 Å². The highest BCUT2D eigenvalue weighted by molar-refractivity contribution is 4.86. The molecule has 0 aromatic carbocycles. The van der Waals surface area contributed by atoms with E-state index in [4.69, 9.17) is 4.74 Å². The van der Waals surface area contributed by atoms with Crippen molar-refractivity contribution in [3.05, 3.63) is 0 Å². The van der Waals surface area contributed by atoms with Crippen molar-refractivity contribution in [1.29, 1.82) is 0 Å². The van der Waals surface area contributed by atoms with Crippen LogP contribution in [0.1, 0.15) is 33.6 Å². The smallest absolute Gasteiger partial charge is 0.0611 e. The van der Waals surface area contributed by atoms with Gasteiger partial charge in [0.2, 0.25) is 0 Å². The lowest BCUT2D eigenvalue weighted by molar-refractivity contribution is 0.119. The third kappa shape index (κ3) is 6.99. The van der Waals surface area contributed by atoms with Crippen molar-refractivity contribution in [3.63, 3.8) is 0 Å². The average molecular weight is 246 g/mol. The number of aliphatic hydroxyl groups excluding tert-OH is 1. The Kier molecular flexibility index (Phi) is 8.78. The molecule has 2 atom stereocenters. The second kappa shape index (κ2) is 8.86. The van der Waals surface area contributed by atoms with Crippen molar-refractivity contribution in [2.75, 3.05) is 40.5 Å². The summed E-state index contributed by atoms with van der Waals surface area (Å²) >= 11 is 0. The highest BCUT2D eigenvalue weighted by atomic mass is 16.5. The van der Waals surface area contributed by atoms with Crippen LogP contribution in [0.2, 0.25) is 0 Å². The quantitative estimate of drug-likeness (QED) is 0.567. The zero-order valence-electron chi connectivity index (χ0n) is 12.1. The number of likely N-dealkylation sites (N-methyl/N-ethyl adjacent to an activating group) is 1. The zero-order chi connectivity index (χ0) is 13.3. The lowest BCUT2D eigenvalue weighted by Gasteiger charge is -2.35.